The molecule has 4 heterocycles. The summed E-state index contributed by atoms with van der Waals surface area (Å²) in [5.41, 5.74) is 21.6. The van der Waals surface area contributed by atoms with Crippen LogP contribution in [0.25, 0.3) is 0 Å². The van der Waals surface area contributed by atoms with Crippen molar-refractivity contribution in [1.29, 1.82) is 0 Å². The number of nitrogens with zero attached hydrogens (tertiary/aromatic N) is 6. The average Bonchev–Trinajstić information content (AvgIpc) is 3.25. The molecule has 0 radical (unpaired) electrons. The van der Waals surface area contributed by atoms with Gasteiger partial charge in [0.2, 0.25) is 0 Å². The van der Waals surface area contributed by atoms with Gasteiger partial charge in [-0.25, -0.2) is 24.1 Å². The highest BCUT2D eigenvalue weighted by Gasteiger charge is 2.15. The number of pyridine rings is 2. The Bertz CT molecular complexity index is 2720. The van der Waals surface area contributed by atoms with E-state index in [1.807, 2.05) is 74.5 Å². The van der Waals surface area contributed by atoms with Gasteiger partial charge in [-0.15, -0.1) is 0 Å². The molecule has 16 heteroatoms. The van der Waals surface area contributed by atoms with Crippen LogP contribution in [0.4, 0.5) is 11.6 Å². The third-order valence-electron chi connectivity index (χ3n) is 10.3. The third kappa shape index (κ3) is 14.7. The van der Waals surface area contributed by atoms with Crippen molar-refractivity contribution in [3.8, 4) is 0 Å². The molecule has 0 saturated carbocycles. The number of aliphatic carboxylic acids is 1. The smallest absolute Gasteiger partial charge is 0.331 e. The Morgan fingerprint density at radius 1 is 0.571 bits per heavy atom. The summed E-state index contributed by atoms with van der Waals surface area (Å²) >= 11 is 0. The van der Waals surface area contributed by atoms with Crippen LogP contribution in [0.1, 0.15) is 64.0 Å². The van der Waals surface area contributed by atoms with Crippen LogP contribution in [-0.2, 0) is 75.4 Å². The fourth-order valence-corrected chi connectivity index (χ4v) is 6.83. The summed E-state index contributed by atoms with van der Waals surface area (Å²) in [6.45, 7) is 3.44. The summed E-state index contributed by atoms with van der Waals surface area (Å²) in [6, 6.07) is 27.2. The van der Waals surface area contributed by atoms with E-state index in [0.717, 1.165) is 57.3 Å². The molecule has 332 valence electrons. The lowest BCUT2D eigenvalue weighted by Crippen LogP contribution is -2.42. The van der Waals surface area contributed by atoms with Crippen LogP contribution in [0.3, 0.4) is 0 Å². The van der Waals surface area contributed by atoms with Gasteiger partial charge in [-0.05, 0) is 93.2 Å². The monoisotopic (exact) mass is 859 g/mol. The van der Waals surface area contributed by atoms with Crippen molar-refractivity contribution in [2.45, 2.75) is 84.8 Å². The van der Waals surface area contributed by atoms with E-state index in [0.29, 0.717) is 48.6 Å². The average molecular weight is 860 g/mol. The van der Waals surface area contributed by atoms with Crippen molar-refractivity contribution >= 4 is 23.4 Å². The molecule has 0 bridgehead atoms. The maximum atomic E-state index is 12.9. The number of anilines is 2. The molecular weight excluding hydrogens is 803 g/mol. The first kappa shape index (κ1) is 48.5. The topological polar surface area (TPSA) is 246 Å². The van der Waals surface area contributed by atoms with Crippen LogP contribution < -0.4 is 39.7 Å². The van der Waals surface area contributed by atoms with Crippen LogP contribution in [0.15, 0.2) is 117 Å². The summed E-state index contributed by atoms with van der Waals surface area (Å²) in [5, 5.41) is 8.81. The predicted octanol–water partition coefficient (Wildman–Crippen LogP) is 3.45. The van der Waals surface area contributed by atoms with Crippen molar-refractivity contribution in [2.24, 2.45) is 19.8 Å². The number of carbonyl (C=O) groups excluding carboxylic acids is 1. The lowest BCUT2D eigenvalue weighted by Gasteiger charge is -2.11. The molecule has 6 aromatic rings. The zero-order valence-electron chi connectivity index (χ0n) is 36.3. The van der Waals surface area contributed by atoms with Gasteiger partial charge in [-0.2, -0.15) is 0 Å². The number of aromatic nitrogens is 6. The molecule has 0 atom stereocenters. The first-order valence-electron chi connectivity index (χ1n) is 20.6. The summed E-state index contributed by atoms with van der Waals surface area (Å²) < 4.78 is 4.44. The largest absolute Gasteiger partial charge is 0.480 e. The third-order valence-corrected chi connectivity index (χ3v) is 10.3. The van der Waals surface area contributed by atoms with Gasteiger partial charge < -0.3 is 31.4 Å². The second kappa shape index (κ2) is 23.7. The number of carboxylic acid groups (broad SMARTS) is 1. The molecule has 4 aromatic heterocycles. The van der Waals surface area contributed by atoms with Gasteiger partial charge in [0.05, 0.1) is 6.54 Å². The van der Waals surface area contributed by atoms with E-state index < -0.39 is 29.5 Å². The van der Waals surface area contributed by atoms with E-state index in [1.54, 1.807) is 25.4 Å². The van der Waals surface area contributed by atoms with Crippen molar-refractivity contribution < 1.29 is 14.7 Å². The molecule has 0 spiro atoms. The van der Waals surface area contributed by atoms with E-state index in [-0.39, 0.29) is 24.3 Å². The number of Topliss-reactive ketones (excluding diaryl/α,β-unsaturated/α-hetero) is 1. The van der Waals surface area contributed by atoms with Crippen LogP contribution >= 0.6 is 0 Å². The molecule has 0 unspecified atom stereocenters. The van der Waals surface area contributed by atoms with Gasteiger partial charge in [0.25, 0.3) is 11.1 Å². The number of rotatable bonds is 16. The van der Waals surface area contributed by atoms with Gasteiger partial charge in [0.15, 0.2) is 5.78 Å². The van der Waals surface area contributed by atoms with Crippen molar-refractivity contribution in [3.63, 3.8) is 0 Å². The van der Waals surface area contributed by atoms with Gasteiger partial charge in [-0.1, -0.05) is 72.8 Å². The predicted molar refractivity (Wildman–Crippen MR) is 244 cm³/mol. The standard InChI is InChI=1S/C24H28N4O3.C16H18N2O4.C7H11N3/c1-17-19(12-14-22(25)26-17)11-13-21(29)16-28-23(30)20(15-27(2)24(28)31)10-6-9-18-7-4-3-5-8-18;1-17-10-13(9-5-8-12-6-3-2-4-7-12)15(21)18(16(17)22)11-14(19)20;1-5-6(4-8)2-3-7(9)10-5/h3-5,7-8,12,14-15H,6,9-11,13,16H2,1-2H3,(H2,25,26);2-4,6-7,10H,5,8-9,11H2,1H3,(H,19,20);2-3H,4,8H2,1H3,(H2,9,10). The molecular formula is C47H57N9O7. The number of hydrogen-bond donors (Lipinski definition) is 4. The highest BCUT2D eigenvalue weighted by Crippen LogP contribution is 2.12. The summed E-state index contributed by atoms with van der Waals surface area (Å²) in [5.74, 6) is -0.390. The molecule has 0 aliphatic carbocycles. The van der Waals surface area contributed by atoms with Crippen LogP contribution in [-0.4, -0.2) is 45.1 Å². The van der Waals surface area contributed by atoms with Crippen LogP contribution in [0, 0.1) is 13.8 Å². The number of nitrogens with two attached hydrogens (primary N) is 3. The lowest BCUT2D eigenvalue weighted by atomic mass is 10.1. The van der Waals surface area contributed by atoms with Crippen LogP contribution in [0.5, 0.6) is 0 Å². The second-order valence-corrected chi connectivity index (χ2v) is 15.2. The number of benzene rings is 2. The molecule has 0 amide bonds. The first-order valence-corrected chi connectivity index (χ1v) is 20.6. The zero-order valence-corrected chi connectivity index (χ0v) is 36.3. The maximum absolute atomic E-state index is 12.9. The van der Waals surface area contributed by atoms with Gasteiger partial charge in [0, 0.05) is 62.0 Å². The van der Waals surface area contributed by atoms with E-state index >= 15 is 0 Å². The minimum absolute atomic E-state index is 0.170. The fraction of sp³-hybridized carbons (Fsp3) is 0.319. The maximum Gasteiger partial charge on any atom is 0.331 e. The van der Waals surface area contributed by atoms with Gasteiger partial charge in [0.1, 0.15) is 18.2 Å². The van der Waals surface area contributed by atoms with Crippen molar-refractivity contribution in [3.05, 3.63) is 184 Å². The molecule has 16 nitrogen and oxygen atoms in total. The molecule has 0 aliphatic heterocycles. The number of carbonyl (C=O) groups is 2. The Balaban J connectivity index is 0.000000235. The molecule has 0 saturated heterocycles. The molecule has 6 rings (SSSR count). The summed E-state index contributed by atoms with van der Waals surface area (Å²) in [4.78, 5) is 81.0. The van der Waals surface area contributed by atoms with Crippen molar-refractivity contribution in [1.82, 2.24) is 28.2 Å². The van der Waals surface area contributed by atoms with E-state index in [4.69, 9.17) is 22.3 Å². The molecule has 0 fully saturated rings. The number of aryl methyl sites for hydroxylation is 9. The van der Waals surface area contributed by atoms with E-state index in [2.05, 4.69) is 22.1 Å². The van der Waals surface area contributed by atoms with Gasteiger partial charge in [-0.3, -0.25) is 23.7 Å². The van der Waals surface area contributed by atoms with Crippen LogP contribution in [0.2, 0.25) is 0 Å². The Hall–Kier alpha value is -7.20. The highest BCUT2D eigenvalue weighted by molar-refractivity contribution is 5.78. The normalized spacial score (nSPS) is 10.6. The minimum Gasteiger partial charge on any atom is -0.480 e. The summed E-state index contributed by atoms with van der Waals surface area (Å²) in [7, 11) is 3.12. The number of ketones is 1. The fourth-order valence-electron chi connectivity index (χ4n) is 6.83. The van der Waals surface area contributed by atoms with Gasteiger partial charge >= 0.3 is 17.3 Å². The van der Waals surface area contributed by atoms with E-state index in [1.165, 1.54) is 33.5 Å². The Morgan fingerprint density at radius 2 is 1.00 bits per heavy atom. The Labute approximate surface area is 365 Å². The minimum atomic E-state index is -1.21. The number of carboxylic acids is 1. The Morgan fingerprint density at radius 3 is 1.41 bits per heavy atom. The number of hydrogen-bond acceptors (Lipinski definition) is 11. The lowest BCUT2D eigenvalue weighted by molar-refractivity contribution is -0.137. The SMILES string of the molecule is Cc1nc(N)ccc1CCC(=O)Cn1c(=O)c(CCCc2ccccc2)cn(C)c1=O.Cc1nc(N)ccc1CN.Cn1cc(CCCc2ccccc2)c(=O)n(CC(=O)O)c1=O. The molecule has 63 heavy (non-hydrogen) atoms. The Kier molecular flexibility index (Phi) is 18.2. The van der Waals surface area contributed by atoms with Crippen molar-refractivity contribution in [2.75, 3.05) is 11.5 Å². The highest BCUT2D eigenvalue weighted by atomic mass is 16.4. The quantitative estimate of drug-likeness (QED) is 0.109. The molecule has 7 N–H and O–H groups in total. The second-order valence-electron chi connectivity index (χ2n) is 15.2. The van der Waals surface area contributed by atoms with E-state index in [9.17, 15) is 28.8 Å². The number of nitrogen functional groups attached to an aromatic ring is 2. The first-order chi connectivity index (χ1) is 30.1. The molecule has 2 aromatic carbocycles. The zero-order chi connectivity index (χ0) is 46.1. The summed E-state index contributed by atoms with van der Waals surface area (Å²) in [6.07, 6.45) is 8.05. The molecule has 0 aliphatic rings.